The number of hydrogen-bond acceptors (Lipinski definition) is 3. The van der Waals surface area contributed by atoms with Crippen molar-refractivity contribution in [3.63, 3.8) is 0 Å². The largest absolute Gasteiger partial charge is 0.316 e. The Morgan fingerprint density at radius 2 is 1.95 bits per heavy atom. The van der Waals surface area contributed by atoms with Crippen molar-refractivity contribution in [3.05, 3.63) is 58.9 Å². The van der Waals surface area contributed by atoms with Crippen molar-refractivity contribution in [1.29, 1.82) is 0 Å². The van der Waals surface area contributed by atoms with Crippen LogP contribution in [-0.2, 0) is 16.6 Å². The van der Waals surface area contributed by atoms with E-state index < -0.39 is 15.8 Å². The van der Waals surface area contributed by atoms with Gasteiger partial charge in [-0.1, -0.05) is 23.7 Å². The Hall–Kier alpha value is -1.63. The lowest BCUT2D eigenvalue weighted by Gasteiger charge is -2.11. The summed E-state index contributed by atoms with van der Waals surface area (Å²) in [7, 11) is -2.05. The minimum atomic E-state index is -3.82. The average Bonchev–Trinajstić information content (AvgIpc) is 2.43. The highest BCUT2D eigenvalue weighted by Gasteiger charge is 2.16. The van der Waals surface area contributed by atoms with E-state index in [4.69, 9.17) is 11.6 Å². The predicted molar refractivity (Wildman–Crippen MR) is 81.4 cm³/mol. The highest BCUT2D eigenvalue weighted by Crippen LogP contribution is 2.25. The lowest BCUT2D eigenvalue weighted by atomic mass is 10.2. The fourth-order valence-corrected chi connectivity index (χ4v) is 3.17. The maximum Gasteiger partial charge on any atom is 0.261 e. The molecule has 2 aromatic carbocycles. The zero-order valence-corrected chi connectivity index (χ0v) is 12.8. The number of nitrogens with one attached hydrogen (secondary N) is 2. The number of hydrogen-bond donors (Lipinski definition) is 2. The first kappa shape index (κ1) is 15.8. The first-order chi connectivity index (χ1) is 9.92. The molecule has 0 amide bonds. The van der Waals surface area contributed by atoms with Gasteiger partial charge >= 0.3 is 0 Å². The van der Waals surface area contributed by atoms with Gasteiger partial charge in [-0.05, 0) is 42.9 Å². The summed E-state index contributed by atoms with van der Waals surface area (Å²) >= 11 is 5.87. The molecule has 0 aliphatic rings. The molecule has 0 bridgehead atoms. The van der Waals surface area contributed by atoms with Gasteiger partial charge in [0.25, 0.3) is 10.0 Å². The minimum Gasteiger partial charge on any atom is -0.316 e. The normalized spacial score (nSPS) is 11.4. The van der Waals surface area contributed by atoms with Crippen LogP contribution in [0.1, 0.15) is 5.56 Å². The molecule has 0 saturated heterocycles. The van der Waals surface area contributed by atoms with E-state index in [0.717, 1.165) is 17.7 Å². The quantitative estimate of drug-likeness (QED) is 0.887. The molecule has 112 valence electrons. The summed E-state index contributed by atoms with van der Waals surface area (Å²) in [6, 6.07) is 9.97. The topological polar surface area (TPSA) is 58.2 Å². The van der Waals surface area contributed by atoms with Gasteiger partial charge in [0, 0.05) is 6.54 Å². The van der Waals surface area contributed by atoms with Crippen molar-refractivity contribution in [2.45, 2.75) is 11.4 Å². The molecular weight excluding hydrogens is 315 g/mol. The van der Waals surface area contributed by atoms with Gasteiger partial charge in [0.2, 0.25) is 0 Å². The average molecular weight is 329 g/mol. The van der Waals surface area contributed by atoms with Crippen LogP contribution < -0.4 is 10.0 Å². The first-order valence-corrected chi connectivity index (χ1v) is 8.00. The lowest BCUT2D eigenvalue weighted by Crippen LogP contribution is -2.14. The maximum atomic E-state index is 13.2. The number of benzene rings is 2. The van der Waals surface area contributed by atoms with Crippen molar-refractivity contribution < 1.29 is 12.8 Å². The molecule has 2 N–H and O–H groups in total. The summed E-state index contributed by atoms with van der Waals surface area (Å²) in [5.41, 5.74) is 0.835. The van der Waals surface area contributed by atoms with Gasteiger partial charge in [-0.15, -0.1) is 0 Å². The molecular formula is C14H14ClFN2O2S. The van der Waals surface area contributed by atoms with Crippen molar-refractivity contribution in [2.24, 2.45) is 0 Å². The second-order valence-corrected chi connectivity index (χ2v) is 6.50. The molecule has 0 aromatic heterocycles. The monoisotopic (exact) mass is 328 g/mol. The van der Waals surface area contributed by atoms with Crippen LogP contribution in [0.25, 0.3) is 0 Å². The van der Waals surface area contributed by atoms with E-state index in [1.165, 1.54) is 12.1 Å². The SMILES string of the molecule is CNCc1cccc(S(=O)(=O)Nc2cc(F)ccc2Cl)c1. The van der Waals surface area contributed by atoms with Crippen LogP contribution >= 0.6 is 11.6 Å². The summed E-state index contributed by atoms with van der Waals surface area (Å²) in [6.45, 7) is 0.546. The highest BCUT2D eigenvalue weighted by atomic mass is 35.5. The van der Waals surface area contributed by atoms with Gasteiger partial charge < -0.3 is 5.32 Å². The Balaban J connectivity index is 2.34. The Morgan fingerprint density at radius 1 is 1.19 bits per heavy atom. The van der Waals surface area contributed by atoms with E-state index in [1.54, 1.807) is 19.2 Å². The molecule has 0 atom stereocenters. The fourth-order valence-electron chi connectivity index (χ4n) is 1.81. The summed E-state index contributed by atoms with van der Waals surface area (Å²) in [6.07, 6.45) is 0. The van der Waals surface area contributed by atoms with Crippen LogP contribution in [0.5, 0.6) is 0 Å². The maximum absolute atomic E-state index is 13.2. The van der Waals surface area contributed by atoms with Gasteiger partial charge in [-0.3, -0.25) is 4.72 Å². The minimum absolute atomic E-state index is 0.00989. The van der Waals surface area contributed by atoms with E-state index in [9.17, 15) is 12.8 Å². The molecule has 0 heterocycles. The number of anilines is 1. The van der Waals surface area contributed by atoms with Gasteiger partial charge in [0.15, 0.2) is 0 Å². The molecule has 0 spiro atoms. The summed E-state index contributed by atoms with van der Waals surface area (Å²) in [4.78, 5) is 0.0931. The van der Waals surface area contributed by atoms with Gasteiger partial charge in [-0.25, -0.2) is 12.8 Å². The van der Waals surface area contributed by atoms with E-state index >= 15 is 0 Å². The molecule has 4 nitrogen and oxygen atoms in total. The predicted octanol–water partition coefficient (Wildman–Crippen LogP) is 3.00. The molecule has 0 fully saturated rings. The third-order valence-electron chi connectivity index (χ3n) is 2.76. The Bertz CT molecular complexity index is 750. The number of sulfonamides is 1. The van der Waals surface area contributed by atoms with Crippen LogP contribution in [0.15, 0.2) is 47.4 Å². The van der Waals surface area contributed by atoms with E-state index in [2.05, 4.69) is 10.0 Å². The standard InChI is InChI=1S/C14H14ClFN2O2S/c1-17-9-10-3-2-4-12(7-10)21(19,20)18-14-8-11(16)5-6-13(14)15/h2-8,17-18H,9H2,1H3. The molecule has 0 radical (unpaired) electrons. The molecule has 0 saturated carbocycles. The van der Waals surface area contributed by atoms with E-state index in [0.29, 0.717) is 6.54 Å². The highest BCUT2D eigenvalue weighted by molar-refractivity contribution is 7.92. The van der Waals surface area contributed by atoms with Gasteiger partial charge in [-0.2, -0.15) is 0 Å². The zero-order valence-electron chi connectivity index (χ0n) is 11.2. The third kappa shape index (κ3) is 3.93. The van der Waals surface area contributed by atoms with Crippen LogP contribution in [0.4, 0.5) is 10.1 Å². The summed E-state index contributed by atoms with van der Waals surface area (Å²) in [5, 5.41) is 3.07. The van der Waals surface area contributed by atoms with Crippen molar-refractivity contribution in [3.8, 4) is 0 Å². The summed E-state index contributed by atoms with van der Waals surface area (Å²) < 4.78 is 40.1. The molecule has 21 heavy (non-hydrogen) atoms. The second kappa shape index (κ2) is 6.43. The molecule has 0 unspecified atom stereocenters. The van der Waals surface area contributed by atoms with Crippen LogP contribution in [0.2, 0.25) is 5.02 Å². The summed E-state index contributed by atoms with van der Waals surface area (Å²) in [5.74, 6) is -0.568. The Kier molecular flexibility index (Phi) is 4.82. The van der Waals surface area contributed by atoms with Crippen LogP contribution in [0, 0.1) is 5.82 Å². The third-order valence-corrected chi connectivity index (χ3v) is 4.46. The van der Waals surface area contributed by atoms with Crippen LogP contribution in [0.3, 0.4) is 0 Å². The lowest BCUT2D eigenvalue weighted by molar-refractivity contribution is 0.601. The van der Waals surface area contributed by atoms with Crippen molar-refractivity contribution in [1.82, 2.24) is 5.32 Å². The van der Waals surface area contributed by atoms with Crippen molar-refractivity contribution in [2.75, 3.05) is 11.8 Å². The number of rotatable bonds is 5. The molecule has 7 heteroatoms. The van der Waals surface area contributed by atoms with Crippen LogP contribution in [-0.4, -0.2) is 15.5 Å². The Morgan fingerprint density at radius 3 is 2.67 bits per heavy atom. The smallest absolute Gasteiger partial charge is 0.261 e. The van der Waals surface area contributed by atoms with Gasteiger partial charge in [0.05, 0.1) is 15.6 Å². The molecule has 2 rings (SSSR count). The molecule has 0 aliphatic carbocycles. The molecule has 2 aromatic rings. The fraction of sp³-hybridized carbons (Fsp3) is 0.143. The zero-order chi connectivity index (χ0) is 15.5. The van der Waals surface area contributed by atoms with E-state index in [-0.39, 0.29) is 15.6 Å². The number of halogens is 2. The first-order valence-electron chi connectivity index (χ1n) is 6.14. The van der Waals surface area contributed by atoms with Gasteiger partial charge in [0.1, 0.15) is 5.82 Å². The second-order valence-electron chi connectivity index (χ2n) is 4.41. The van der Waals surface area contributed by atoms with E-state index in [1.807, 2.05) is 6.07 Å². The van der Waals surface area contributed by atoms with Crippen molar-refractivity contribution >= 4 is 27.3 Å². The molecule has 0 aliphatic heterocycles. The Labute approximate surface area is 128 Å².